The van der Waals surface area contributed by atoms with E-state index < -0.39 is 0 Å². The van der Waals surface area contributed by atoms with Crippen molar-refractivity contribution in [2.75, 3.05) is 6.54 Å². The van der Waals surface area contributed by atoms with Gasteiger partial charge in [0, 0.05) is 18.8 Å². The lowest BCUT2D eigenvalue weighted by atomic mass is 9.98. The summed E-state index contributed by atoms with van der Waals surface area (Å²) in [5.41, 5.74) is 5.34. The first kappa shape index (κ1) is 11.2. The summed E-state index contributed by atoms with van der Waals surface area (Å²) in [6, 6.07) is 0. The van der Waals surface area contributed by atoms with Gasteiger partial charge in [0.15, 0.2) is 0 Å². The fraction of sp³-hybridized carbons (Fsp3) is 0.700. The number of terminal acetylenes is 1. The molecule has 0 aliphatic carbocycles. The zero-order chi connectivity index (χ0) is 9.40. The molecule has 68 valence electrons. The molecule has 0 aliphatic heterocycles. The van der Waals surface area contributed by atoms with E-state index in [0.717, 1.165) is 12.8 Å². The Kier molecular flexibility index (Phi) is 6.41. The van der Waals surface area contributed by atoms with Crippen molar-refractivity contribution >= 4 is 5.78 Å². The Morgan fingerprint density at radius 3 is 2.83 bits per heavy atom. The van der Waals surface area contributed by atoms with Crippen molar-refractivity contribution in [1.29, 1.82) is 0 Å². The molecule has 0 rings (SSSR count). The van der Waals surface area contributed by atoms with Crippen molar-refractivity contribution in [2.24, 2.45) is 11.7 Å². The number of Topliss-reactive ketones (excluding diaryl/α,β-unsaturated/α-hetero) is 1. The highest BCUT2D eigenvalue weighted by Gasteiger charge is 2.10. The maximum absolute atomic E-state index is 11.3. The normalized spacial score (nSPS) is 12.1. The molecule has 0 saturated heterocycles. The topological polar surface area (TPSA) is 43.1 Å². The van der Waals surface area contributed by atoms with E-state index in [1.165, 1.54) is 0 Å². The fourth-order valence-electron chi connectivity index (χ4n) is 1.02. The van der Waals surface area contributed by atoms with Crippen molar-refractivity contribution in [2.45, 2.75) is 32.6 Å². The molecule has 0 aromatic carbocycles. The summed E-state index contributed by atoms with van der Waals surface area (Å²) in [7, 11) is 0. The molecule has 0 heterocycles. The minimum Gasteiger partial charge on any atom is -0.330 e. The van der Waals surface area contributed by atoms with E-state index >= 15 is 0 Å². The predicted octanol–water partition coefficient (Wildman–Crippen LogP) is 1.34. The van der Waals surface area contributed by atoms with E-state index in [1.807, 2.05) is 6.92 Å². The zero-order valence-electron chi connectivity index (χ0n) is 7.68. The van der Waals surface area contributed by atoms with E-state index in [1.54, 1.807) is 0 Å². The van der Waals surface area contributed by atoms with Gasteiger partial charge in [-0.05, 0) is 19.4 Å². The molecule has 0 aromatic rings. The number of ketones is 1. The third-order valence-electron chi connectivity index (χ3n) is 1.89. The molecule has 1 atom stereocenters. The van der Waals surface area contributed by atoms with Crippen LogP contribution in [-0.4, -0.2) is 12.3 Å². The Morgan fingerprint density at radius 2 is 2.33 bits per heavy atom. The van der Waals surface area contributed by atoms with Gasteiger partial charge in [-0.15, -0.1) is 12.3 Å². The maximum atomic E-state index is 11.3. The van der Waals surface area contributed by atoms with Gasteiger partial charge in [-0.2, -0.15) is 0 Å². The van der Waals surface area contributed by atoms with Crippen LogP contribution in [0.25, 0.3) is 0 Å². The SMILES string of the molecule is C#CCCCC(=O)C(C)CCN. The van der Waals surface area contributed by atoms with Gasteiger partial charge in [-0.3, -0.25) is 4.79 Å². The number of hydrogen-bond acceptors (Lipinski definition) is 2. The maximum Gasteiger partial charge on any atom is 0.135 e. The summed E-state index contributed by atoms with van der Waals surface area (Å²) in [6.07, 6.45) is 7.96. The summed E-state index contributed by atoms with van der Waals surface area (Å²) in [6.45, 7) is 2.51. The predicted molar refractivity (Wildman–Crippen MR) is 50.5 cm³/mol. The van der Waals surface area contributed by atoms with Crippen LogP contribution >= 0.6 is 0 Å². The van der Waals surface area contributed by atoms with Gasteiger partial charge in [0.2, 0.25) is 0 Å². The molecular weight excluding hydrogens is 150 g/mol. The molecule has 0 spiro atoms. The van der Waals surface area contributed by atoms with E-state index in [2.05, 4.69) is 5.92 Å². The van der Waals surface area contributed by atoms with Crippen LogP contribution in [0, 0.1) is 18.3 Å². The minimum absolute atomic E-state index is 0.104. The number of carbonyl (C=O) groups excluding carboxylic acids is 1. The Labute approximate surface area is 74.5 Å². The minimum atomic E-state index is 0.104. The van der Waals surface area contributed by atoms with Gasteiger partial charge in [-0.25, -0.2) is 0 Å². The van der Waals surface area contributed by atoms with Crippen LogP contribution in [-0.2, 0) is 4.79 Å². The number of unbranched alkanes of at least 4 members (excludes halogenated alkanes) is 1. The van der Waals surface area contributed by atoms with Crippen LogP contribution in [0.2, 0.25) is 0 Å². The van der Waals surface area contributed by atoms with Gasteiger partial charge >= 0.3 is 0 Å². The van der Waals surface area contributed by atoms with Crippen molar-refractivity contribution in [3.05, 3.63) is 0 Å². The lowest BCUT2D eigenvalue weighted by molar-refractivity contribution is -0.122. The van der Waals surface area contributed by atoms with Crippen LogP contribution in [0.15, 0.2) is 0 Å². The second kappa shape index (κ2) is 6.87. The number of rotatable bonds is 6. The van der Waals surface area contributed by atoms with Gasteiger partial charge < -0.3 is 5.73 Å². The lowest BCUT2D eigenvalue weighted by Gasteiger charge is -2.07. The second-order valence-electron chi connectivity index (χ2n) is 3.00. The average molecular weight is 167 g/mol. The van der Waals surface area contributed by atoms with Crippen molar-refractivity contribution in [3.63, 3.8) is 0 Å². The lowest BCUT2D eigenvalue weighted by Crippen LogP contribution is -2.15. The molecule has 1 unspecified atom stereocenters. The molecule has 0 radical (unpaired) electrons. The molecular formula is C10H17NO. The summed E-state index contributed by atoms with van der Waals surface area (Å²) in [4.78, 5) is 11.3. The highest BCUT2D eigenvalue weighted by molar-refractivity contribution is 5.80. The molecule has 0 aromatic heterocycles. The first-order valence-electron chi connectivity index (χ1n) is 4.38. The Balaban J connectivity index is 3.51. The van der Waals surface area contributed by atoms with E-state index in [9.17, 15) is 4.79 Å². The van der Waals surface area contributed by atoms with Crippen LogP contribution in [0.1, 0.15) is 32.6 Å². The molecule has 12 heavy (non-hydrogen) atoms. The van der Waals surface area contributed by atoms with E-state index in [4.69, 9.17) is 12.2 Å². The first-order valence-corrected chi connectivity index (χ1v) is 4.38. The average Bonchev–Trinajstić information content (AvgIpc) is 2.05. The standard InChI is InChI=1S/C10H17NO/c1-3-4-5-6-10(12)9(2)7-8-11/h1,9H,4-8,11H2,2H3. The Morgan fingerprint density at radius 1 is 1.67 bits per heavy atom. The largest absolute Gasteiger partial charge is 0.330 e. The highest BCUT2D eigenvalue weighted by Crippen LogP contribution is 2.07. The third-order valence-corrected chi connectivity index (χ3v) is 1.89. The van der Waals surface area contributed by atoms with Crippen molar-refractivity contribution in [3.8, 4) is 12.3 Å². The molecule has 2 heteroatoms. The number of carbonyl (C=O) groups is 1. The summed E-state index contributed by atoms with van der Waals surface area (Å²) < 4.78 is 0. The third kappa shape index (κ3) is 4.92. The molecule has 0 aliphatic rings. The van der Waals surface area contributed by atoms with Crippen molar-refractivity contribution in [1.82, 2.24) is 0 Å². The molecule has 2 nitrogen and oxygen atoms in total. The van der Waals surface area contributed by atoms with E-state index in [-0.39, 0.29) is 11.7 Å². The quantitative estimate of drug-likeness (QED) is 0.479. The Bertz CT molecular complexity index is 169. The monoisotopic (exact) mass is 167 g/mol. The highest BCUT2D eigenvalue weighted by atomic mass is 16.1. The second-order valence-corrected chi connectivity index (χ2v) is 3.00. The van der Waals surface area contributed by atoms with E-state index in [0.29, 0.717) is 19.4 Å². The smallest absolute Gasteiger partial charge is 0.135 e. The first-order chi connectivity index (χ1) is 5.72. The van der Waals surface area contributed by atoms with Gasteiger partial charge in [0.05, 0.1) is 0 Å². The zero-order valence-corrected chi connectivity index (χ0v) is 7.68. The molecule has 0 amide bonds. The summed E-state index contributed by atoms with van der Waals surface area (Å²) in [5.74, 6) is 2.91. The molecule has 2 N–H and O–H groups in total. The van der Waals surface area contributed by atoms with Crippen LogP contribution in [0.5, 0.6) is 0 Å². The molecule has 0 fully saturated rings. The molecule has 0 saturated carbocycles. The Hall–Kier alpha value is -0.810. The van der Waals surface area contributed by atoms with Gasteiger partial charge in [0.25, 0.3) is 0 Å². The van der Waals surface area contributed by atoms with Crippen LogP contribution < -0.4 is 5.73 Å². The van der Waals surface area contributed by atoms with Crippen molar-refractivity contribution < 1.29 is 4.79 Å². The van der Waals surface area contributed by atoms with Crippen LogP contribution in [0.4, 0.5) is 0 Å². The summed E-state index contributed by atoms with van der Waals surface area (Å²) in [5, 5.41) is 0. The molecule has 0 bridgehead atoms. The summed E-state index contributed by atoms with van der Waals surface area (Å²) >= 11 is 0. The van der Waals surface area contributed by atoms with Crippen LogP contribution in [0.3, 0.4) is 0 Å². The fourth-order valence-corrected chi connectivity index (χ4v) is 1.02. The van der Waals surface area contributed by atoms with Gasteiger partial charge in [-0.1, -0.05) is 6.92 Å². The number of hydrogen-bond donors (Lipinski definition) is 1. The van der Waals surface area contributed by atoms with Gasteiger partial charge in [0.1, 0.15) is 5.78 Å². The number of nitrogens with two attached hydrogens (primary N) is 1.